The lowest BCUT2D eigenvalue weighted by molar-refractivity contribution is -0.131. The highest BCUT2D eigenvalue weighted by molar-refractivity contribution is 8.00. The first-order chi connectivity index (χ1) is 15.0. The van der Waals surface area contributed by atoms with Crippen LogP contribution < -0.4 is 5.73 Å². The molecule has 166 valence electrons. The lowest BCUT2D eigenvalue weighted by Gasteiger charge is -2.33. The van der Waals surface area contributed by atoms with E-state index in [9.17, 15) is 9.59 Å². The molecule has 1 aromatic carbocycles. The van der Waals surface area contributed by atoms with Crippen LogP contribution in [0.3, 0.4) is 0 Å². The minimum absolute atomic E-state index is 0.173. The molecule has 1 aromatic heterocycles. The van der Waals surface area contributed by atoms with E-state index in [1.807, 2.05) is 11.8 Å². The van der Waals surface area contributed by atoms with E-state index in [4.69, 9.17) is 5.73 Å². The van der Waals surface area contributed by atoms with Crippen LogP contribution in [-0.4, -0.2) is 49.8 Å². The third-order valence-corrected chi connectivity index (χ3v) is 7.21. The second kappa shape index (κ2) is 9.85. The Hall–Kier alpha value is -2.35. The average Bonchev–Trinajstić information content (AvgIpc) is 3.53. The molecule has 0 bridgehead atoms. The summed E-state index contributed by atoms with van der Waals surface area (Å²) < 4.78 is 2.11. The van der Waals surface area contributed by atoms with Crippen LogP contribution in [0.15, 0.2) is 35.5 Å². The van der Waals surface area contributed by atoms with Gasteiger partial charge < -0.3 is 15.2 Å². The van der Waals surface area contributed by atoms with Crippen LogP contribution in [0, 0.1) is 5.92 Å². The van der Waals surface area contributed by atoms with E-state index in [0.717, 1.165) is 56.2 Å². The van der Waals surface area contributed by atoms with Crippen LogP contribution in [0.25, 0.3) is 0 Å². The van der Waals surface area contributed by atoms with Crippen LogP contribution in [0.4, 0.5) is 0 Å². The number of aromatic nitrogens is 3. The molecule has 1 saturated carbocycles. The molecule has 7 nitrogen and oxygen atoms in total. The number of likely N-dealkylation sites (tertiary alicyclic amines) is 1. The molecule has 31 heavy (non-hydrogen) atoms. The number of hydrogen-bond acceptors (Lipinski definition) is 5. The van der Waals surface area contributed by atoms with Gasteiger partial charge in [0.05, 0.1) is 5.25 Å². The molecule has 1 aliphatic carbocycles. The number of carbonyl (C=O) groups is 2. The number of benzene rings is 1. The minimum atomic E-state index is -0.334. The maximum Gasteiger partial charge on any atom is 0.235 e. The zero-order chi connectivity index (χ0) is 21.8. The SMILES string of the molecule is C[C@H](Sc1nnc(CCC(N)=O)n1C1CC1)C(=O)N1CCC(Cc2ccccc2)CC1. The van der Waals surface area contributed by atoms with Gasteiger partial charge >= 0.3 is 0 Å². The molecule has 8 heteroatoms. The molecule has 1 aliphatic heterocycles. The van der Waals surface area contributed by atoms with Crippen molar-refractivity contribution < 1.29 is 9.59 Å². The van der Waals surface area contributed by atoms with Crippen molar-refractivity contribution in [2.24, 2.45) is 11.7 Å². The molecule has 0 unspecified atom stereocenters. The average molecular weight is 442 g/mol. The summed E-state index contributed by atoms with van der Waals surface area (Å²) in [6.07, 6.45) is 6.13. The topological polar surface area (TPSA) is 94.1 Å². The number of hydrogen-bond donors (Lipinski definition) is 1. The first-order valence-electron chi connectivity index (χ1n) is 11.2. The van der Waals surface area contributed by atoms with E-state index in [1.165, 1.54) is 17.3 Å². The van der Waals surface area contributed by atoms with E-state index >= 15 is 0 Å². The van der Waals surface area contributed by atoms with Crippen molar-refractivity contribution in [3.05, 3.63) is 41.7 Å². The van der Waals surface area contributed by atoms with Crippen molar-refractivity contribution in [1.82, 2.24) is 19.7 Å². The summed E-state index contributed by atoms with van der Waals surface area (Å²) in [5.74, 6) is 1.27. The molecule has 4 rings (SSSR count). The van der Waals surface area contributed by atoms with Crippen molar-refractivity contribution in [3.8, 4) is 0 Å². The van der Waals surface area contributed by atoms with Gasteiger partial charge in [0.2, 0.25) is 11.8 Å². The Kier molecular flexibility index (Phi) is 6.95. The number of amides is 2. The second-order valence-corrected chi connectivity index (χ2v) is 9.99. The number of rotatable bonds is 9. The number of piperidine rings is 1. The lowest BCUT2D eigenvalue weighted by Crippen LogP contribution is -2.42. The fourth-order valence-electron chi connectivity index (χ4n) is 4.26. The summed E-state index contributed by atoms with van der Waals surface area (Å²) in [5, 5.41) is 9.19. The zero-order valence-corrected chi connectivity index (χ0v) is 18.9. The molecule has 1 atom stereocenters. The summed E-state index contributed by atoms with van der Waals surface area (Å²) >= 11 is 1.48. The van der Waals surface area contributed by atoms with Crippen LogP contribution in [-0.2, 0) is 22.4 Å². The van der Waals surface area contributed by atoms with Crippen molar-refractivity contribution >= 4 is 23.6 Å². The quantitative estimate of drug-likeness (QED) is 0.604. The first kappa shape index (κ1) is 21.9. The number of nitrogens with two attached hydrogens (primary N) is 1. The van der Waals surface area contributed by atoms with Gasteiger partial charge in [0.1, 0.15) is 5.82 Å². The van der Waals surface area contributed by atoms with E-state index in [-0.39, 0.29) is 23.5 Å². The summed E-state index contributed by atoms with van der Waals surface area (Å²) in [5.41, 5.74) is 6.67. The Labute approximate surface area is 187 Å². The van der Waals surface area contributed by atoms with Crippen molar-refractivity contribution in [3.63, 3.8) is 0 Å². The predicted molar refractivity (Wildman–Crippen MR) is 121 cm³/mol. The molecule has 0 spiro atoms. The maximum absolute atomic E-state index is 13.1. The fraction of sp³-hybridized carbons (Fsp3) is 0.565. The molecule has 0 radical (unpaired) electrons. The fourth-order valence-corrected chi connectivity index (χ4v) is 5.29. The molecule has 1 saturated heterocycles. The Balaban J connectivity index is 1.31. The number of aryl methyl sites for hydroxylation is 1. The van der Waals surface area contributed by atoms with Gasteiger partial charge in [-0.25, -0.2) is 0 Å². The monoisotopic (exact) mass is 441 g/mol. The maximum atomic E-state index is 13.1. The van der Waals surface area contributed by atoms with E-state index < -0.39 is 0 Å². The molecule has 2 aromatic rings. The Bertz CT molecular complexity index is 904. The number of thioether (sulfide) groups is 1. The summed E-state index contributed by atoms with van der Waals surface area (Å²) in [4.78, 5) is 26.2. The van der Waals surface area contributed by atoms with Gasteiger partial charge in [-0.1, -0.05) is 42.1 Å². The standard InChI is InChI=1S/C23H31N5O2S/c1-16(31-23-26-25-21(10-9-20(24)29)28(23)19-7-8-19)22(30)27-13-11-18(12-14-27)15-17-5-3-2-4-6-17/h2-6,16,18-19H,7-15H2,1H3,(H2,24,29)/t16-/m0/s1. The highest BCUT2D eigenvalue weighted by Crippen LogP contribution is 2.40. The highest BCUT2D eigenvalue weighted by Gasteiger charge is 2.32. The van der Waals surface area contributed by atoms with Crippen LogP contribution in [0.1, 0.15) is 56.5 Å². The minimum Gasteiger partial charge on any atom is -0.370 e. The second-order valence-electron chi connectivity index (χ2n) is 8.68. The van der Waals surface area contributed by atoms with Gasteiger partial charge in [-0.2, -0.15) is 0 Å². The van der Waals surface area contributed by atoms with Gasteiger partial charge in [-0.3, -0.25) is 9.59 Å². The van der Waals surface area contributed by atoms with Gasteiger partial charge in [-0.15, -0.1) is 10.2 Å². The van der Waals surface area contributed by atoms with E-state index in [0.29, 0.717) is 18.4 Å². The third kappa shape index (κ3) is 5.67. The molecule has 2 N–H and O–H groups in total. The smallest absolute Gasteiger partial charge is 0.235 e. The van der Waals surface area contributed by atoms with Gasteiger partial charge in [0.25, 0.3) is 0 Å². The Morgan fingerprint density at radius 1 is 1.13 bits per heavy atom. The largest absolute Gasteiger partial charge is 0.370 e. The van der Waals surface area contributed by atoms with Crippen molar-refractivity contribution in [2.75, 3.05) is 13.1 Å². The molecular weight excluding hydrogens is 410 g/mol. The molecule has 2 heterocycles. The molecule has 2 fully saturated rings. The van der Waals surface area contributed by atoms with Gasteiger partial charge in [0, 0.05) is 32.0 Å². The van der Waals surface area contributed by atoms with E-state index in [1.54, 1.807) is 0 Å². The first-order valence-corrected chi connectivity index (χ1v) is 12.1. The van der Waals surface area contributed by atoms with Crippen molar-refractivity contribution in [2.45, 2.75) is 68.3 Å². The Morgan fingerprint density at radius 3 is 2.48 bits per heavy atom. The predicted octanol–water partition coefficient (Wildman–Crippen LogP) is 2.99. The van der Waals surface area contributed by atoms with Crippen LogP contribution >= 0.6 is 11.8 Å². The molecule has 2 amide bonds. The van der Waals surface area contributed by atoms with Gasteiger partial charge in [0.15, 0.2) is 5.16 Å². The lowest BCUT2D eigenvalue weighted by atomic mass is 9.90. The normalized spacial score (nSPS) is 18.2. The van der Waals surface area contributed by atoms with Crippen LogP contribution in [0.2, 0.25) is 0 Å². The summed E-state index contributed by atoms with van der Waals surface area (Å²) in [6.45, 7) is 3.60. The Morgan fingerprint density at radius 2 is 1.84 bits per heavy atom. The summed E-state index contributed by atoms with van der Waals surface area (Å²) in [6, 6.07) is 11.0. The zero-order valence-electron chi connectivity index (χ0n) is 18.1. The third-order valence-electron chi connectivity index (χ3n) is 6.17. The molecule has 2 aliphatic rings. The van der Waals surface area contributed by atoms with E-state index in [2.05, 4.69) is 45.1 Å². The molecular formula is C23H31N5O2S. The summed E-state index contributed by atoms with van der Waals surface area (Å²) in [7, 11) is 0. The number of primary amides is 1. The highest BCUT2D eigenvalue weighted by atomic mass is 32.2. The number of nitrogens with zero attached hydrogens (tertiary/aromatic N) is 4. The van der Waals surface area contributed by atoms with Crippen LogP contribution in [0.5, 0.6) is 0 Å². The van der Waals surface area contributed by atoms with Gasteiger partial charge in [-0.05, 0) is 50.5 Å². The number of carbonyl (C=O) groups excluding carboxylic acids is 2. The van der Waals surface area contributed by atoms with Crippen molar-refractivity contribution in [1.29, 1.82) is 0 Å².